The van der Waals surface area contributed by atoms with Crippen LogP contribution in [0.15, 0.2) is 55.0 Å². The Kier molecular flexibility index (Phi) is 25.5. The second kappa shape index (κ2) is 36.3. The molecule has 15 rings (SSSR count). The van der Waals surface area contributed by atoms with Crippen molar-refractivity contribution in [1.82, 2.24) is 44.6 Å². The number of aryl methyl sites for hydroxylation is 3. The van der Waals surface area contributed by atoms with Gasteiger partial charge in [0.25, 0.3) is 0 Å². The summed E-state index contributed by atoms with van der Waals surface area (Å²) in [5, 5.41) is 37.1. The van der Waals surface area contributed by atoms with Crippen LogP contribution in [-0.2, 0) is 91.5 Å². The lowest BCUT2D eigenvalue weighted by atomic mass is 9.94. The van der Waals surface area contributed by atoms with Crippen molar-refractivity contribution in [1.29, 1.82) is 15.8 Å². The molecule has 0 spiro atoms. The van der Waals surface area contributed by atoms with Crippen molar-refractivity contribution in [3.63, 3.8) is 0 Å². The first-order valence-electron chi connectivity index (χ1n) is 38.8. The normalized spacial score (nSPS) is 21.5. The quantitative estimate of drug-likeness (QED) is 0.0637. The fourth-order valence-corrected chi connectivity index (χ4v) is 16.2. The smallest absolute Gasteiger partial charge is 0.328 e. The van der Waals surface area contributed by atoms with Crippen LogP contribution in [0.3, 0.4) is 0 Å². The third kappa shape index (κ3) is 18.3. The van der Waals surface area contributed by atoms with Gasteiger partial charge in [-0.05, 0) is 172 Å². The third-order valence-electron chi connectivity index (χ3n) is 22.7. The number of nitriles is 3. The van der Waals surface area contributed by atoms with Gasteiger partial charge in [0, 0.05) is 151 Å². The molecule has 9 aliphatic rings. The number of carbonyl (C=O) groups is 9. The number of methoxy groups -OCH3 is 1. The first kappa shape index (κ1) is 79.5. The first-order valence-corrected chi connectivity index (χ1v) is 38.8. The minimum atomic E-state index is -0.418. The summed E-state index contributed by atoms with van der Waals surface area (Å²) in [7, 11) is 1.64. The molecule has 6 aromatic heterocycles. The van der Waals surface area contributed by atoms with Crippen molar-refractivity contribution in [2.45, 2.75) is 136 Å². The van der Waals surface area contributed by atoms with E-state index in [-0.39, 0.29) is 64.6 Å². The number of fused-ring (bicyclic) bond motifs is 3. The van der Waals surface area contributed by atoms with Crippen molar-refractivity contribution in [3.8, 4) is 18.2 Å². The zero-order chi connectivity index (χ0) is 79.4. The van der Waals surface area contributed by atoms with Gasteiger partial charge in [-0.1, -0.05) is 20.8 Å². The van der Waals surface area contributed by atoms with Crippen molar-refractivity contribution in [2.75, 3.05) is 117 Å². The number of amides is 9. The SMILES string of the molecule is CO[C@@H]1COCC1Cc1cc(NC(=O)N2CCCc3cc(CN4CC[C@H](C)C4=O)c(C=O)nc32)ncc1C#N.C[C@@H]1CCN(Cc2cc3c(nc2C=O)N(C(=O)Nc2cc(C[C@@H]4CCOC4)c(C#N)cn2)CCC3)C1=O.C[C@H]1CCN(Cc2cc3c(nc2C=O)N(C(=O)Nc2cc(C[C@@H]4CCOC4)c(C#N)cn2)CCC3)C1=O. The van der Waals surface area contributed by atoms with Crippen LogP contribution in [0.5, 0.6) is 0 Å². The fraction of sp³-hybridized carbons (Fsp3) is 0.488. The zero-order valence-corrected chi connectivity index (χ0v) is 64.0. The van der Waals surface area contributed by atoms with E-state index >= 15 is 0 Å². The summed E-state index contributed by atoms with van der Waals surface area (Å²) >= 11 is 0. The Hall–Kier alpha value is -11.6. The maximum atomic E-state index is 13.4. The molecule has 588 valence electrons. The highest BCUT2D eigenvalue weighted by atomic mass is 16.5. The highest BCUT2D eigenvalue weighted by Gasteiger charge is 2.37. The molecule has 31 heteroatoms. The van der Waals surface area contributed by atoms with E-state index in [1.54, 1.807) is 40.0 Å². The minimum Gasteiger partial charge on any atom is -0.381 e. The van der Waals surface area contributed by atoms with Gasteiger partial charge in [-0.2, -0.15) is 15.8 Å². The van der Waals surface area contributed by atoms with Crippen LogP contribution in [0, 0.1) is 69.5 Å². The summed E-state index contributed by atoms with van der Waals surface area (Å²) < 4.78 is 22.0. The molecule has 15 heterocycles. The Morgan fingerprint density at radius 3 is 1.11 bits per heavy atom. The number of anilines is 6. The van der Waals surface area contributed by atoms with Gasteiger partial charge in [0.2, 0.25) is 17.7 Å². The largest absolute Gasteiger partial charge is 0.381 e. The van der Waals surface area contributed by atoms with Crippen LogP contribution in [-0.4, -0.2) is 191 Å². The van der Waals surface area contributed by atoms with E-state index < -0.39 is 18.1 Å². The Bertz CT molecular complexity index is 4600. The molecule has 6 fully saturated rings. The molecule has 6 saturated heterocycles. The van der Waals surface area contributed by atoms with E-state index in [1.807, 2.05) is 39.0 Å². The van der Waals surface area contributed by atoms with E-state index in [2.05, 4.69) is 64.1 Å². The van der Waals surface area contributed by atoms with Gasteiger partial charge < -0.3 is 33.6 Å². The van der Waals surface area contributed by atoms with Crippen LogP contribution < -0.4 is 30.7 Å². The van der Waals surface area contributed by atoms with E-state index in [0.29, 0.717) is 210 Å². The third-order valence-corrected chi connectivity index (χ3v) is 22.7. The molecule has 0 aliphatic carbocycles. The summed E-state index contributed by atoms with van der Waals surface area (Å²) in [5.74, 6) is 3.39. The molecule has 9 aliphatic heterocycles. The molecule has 31 nitrogen and oxygen atoms in total. The fourth-order valence-electron chi connectivity index (χ4n) is 16.2. The average Bonchev–Trinajstić information content (AvgIpc) is 1.38. The van der Waals surface area contributed by atoms with Gasteiger partial charge in [0.05, 0.1) is 36.0 Å². The Morgan fingerprint density at radius 1 is 0.469 bits per heavy atom. The van der Waals surface area contributed by atoms with Gasteiger partial charge in [-0.15, -0.1) is 0 Å². The summed E-state index contributed by atoms with van der Waals surface area (Å²) in [6.45, 7) is 13.9. The number of aromatic nitrogens is 6. The maximum absolute atomic E-state index is 13.4. The van der Waals surface area contributed by atoms with Crippen LogP contribution in [0.25, 0.3) is 0 Å². The maximum Gasteiger partial charge on any atom is 0.328 e. The molecule has 0 aromatic carbocycles. The summed E-state index contributed by atoms with van der Waals surface area (Å²) in [6, 6.07) is 16.3. The van der Waals surface area contributed by atoms with Crippen molar-refractivity contribution >= 4 is 89.6 Å². The highest BCUT2D eigenvalue weighted by molar-refractivity contribution is 6.03. The number of urea groups is 3. The molecular formula is C82H92N18O13. The number of pyridine rings is 6. The van der Waals surface area contributed by atoms with E-state index in [4.69, 9.17) is 18.9 Å². The Balaban J connectivity index is 0.000000148. The predicted molar refractivity (Wildman–Crippen MR) is 411 cm³/mol. The summed E-state index contributed by atoms with van der Waals surface area (Å²) in [4.78, 5) is 149. The van der Waals surface area contributed by atoms with Gasteiger partial charge >= 0.3 is 18.1 Å². The standard InChI is InChI=1S/C28H32N6O5.2C27H30N6O4/c1-17-5-7-33(27(17)36)13-20-8-18-4-3-6-34(26(18)31-23(20)14-35)28(37)32-25-10-19(22(11-29)12-30-25)9-21-15-39-16-24(21)38-2;2*1-17-4-7-32(26(17)35)14-21-10-19-3-2-6-33(25(19)30-23(21)15-34)27(36)31-24-11-20(22(12-28)13-29-24)9-18-5-8-37-16-18/h8,10,12,14,17,21,24H,3-7,9,13,15-16H2,1-2H3,(H,30,32,37);2*10-11,13,15,17-18H,2-9,14,16H2,1H3,(H,29,31,36)/t17-,21?,24+;17-,18+;17-,18-/m010/s1. The number of hydrogen-bond donors (Lipinski definition) is 3. The van der Waals surface area contributed by atoms with Crippen LogP contribution in [0.2, 0.25) is 0 Å². The number of ether oxygens (including phenoxy) is 4. The average molecular weight is 1540 g/mol. The number of likely N-dealkylation sites (tertiary alicyclic amines) is 3. The molecule has 6 aromatic rings. The van der Waals surface area contributed by atoms with Gasteiger partial charge in [-0.25, -0.2) is 44.3 Å². The Morgan fingerprint density at radius 2 is 0.814 bits per heavy atom. The number of rotatable bonds is 19. The number of hydrogen-bond acceptors (Lipinski definition) is 22. The number of nitrogens with zero attached hydrogens (tertiary/aromatic N) is 15. The van der Waals surface area contributed by atoms with E-state index in [0.717, 1.165) is 111 Å². The Labute approximate surface area is 654 Å². The first-order chi connectivity index (χ1) is 54.8. The molecule has 0 bridgehead atoms. The zero-order valence-electron chi connectivity index (χ0n) is 64.0. The van der Waals surface area contributed by atoms with Gasteiger partial charge in [-0.3, -0.25) is 59.4 Å². The molecule has 3 N–H and O–H groups in total. The van der Waals surface area contributed by atoms with Crippen molar-refractivity contribution in [3.05, 3.63) is 139 Å². The second-order valence-electron chi connectivity index (χ2n) is 30.5. The number of nitrogens with one attached hydrogen (secondary N) is 3. The molecule has 7 atom stereocenters. The molecule has 0 radical (unpaired) electrons. The monoisotopic (exact) mass is 1540 g/mol. The second-order valence-corrected chi connectivity index (χ2v) is 30.5. The summed E-state index contributed by atoms with van der Waals surface area (Å²) in [6.07, 6.45) is 17.1. The molecule has 9 amide bonds. The van der Waals surface area contributed by atoms with Crippen LogP contribution >= 0.6 is 0 Å². The molecular weight excluding hydrogens is 1450 g/mol. The number of aldehydes is 3. The lowest BCUT2D eigenvalue weighted by molar-refractivity contribution is -0.131. The van der Waals surface area contributed by atoms with E-state index in [9.17, 15) is 58.9 Å². The number of carbonyl (C=O) groups excluding carboxylic acids is 9. The lowest BCUT2D eigenvalue weighted by Crippen LogP contribution is -2.40. The minimum absolute atomic E-state index is 0.00713. The predicted octanol–water partition coefficient (Wildman–Crippen LogP) is 8.90. The lowest BCUT2D eigenvalue weighted by Gasteiger charge is -2.29. The van der Waals surface area contributed by atoms with Crippen LogP contribution in [0.1, 0.15) is 170 Å². The molecule has 113 heavy (non-hydrogen) atoms. The summed E-state index contributed by atoms with van der Waals surface area (Å²) in [5.41, 5.74) is 9.25. The topological polar surface area (TPSA) is 395 Å². The van der Waals surface area contributed by atoms with Crippen LogP contribution in [0.4, 0.5) is 49.3 Å². The van der Waals surface area contributed by atoms with Crippen molar-refractivity contribution in [2.24, 2.45) is 35.5 Å². The van der Waals surface area contributed by atoms with Gasteiger partial charge in [0.1, 0.15) is 70.2 Å². The molecule has 0 saturated carbocycles. The highest BCUT2D eigenvalue weighted by Crippen LogP contribution is 2.36. The van der Waals surface area contributed by atoms with Crippen molar-refractivity contribution < 1.29 is 62.1 Å². The van der Waals surface area contributed by atoms with E-state index in [1.165, 1.54) is 33.3 Å². The molecule has 1 unspecified atom stereocenters. The van der Waals surface area contributed by atoms with Gasteiger partial charge in [0.15, 0.2) is 18.9 Å².